The van der Waals surface area contributed by atoms with Crippen molar-refractivity contribution < 1.29 is 4.79 Å². The third kappa shape index (κ3) is 2.96. The van der Waals surface area contributed by atoms with Crippen molar-refractivity contribution in [1.29, 1.82) is 0 Å². The first-order valence-electron chi connectivity index (χ1n) is 6.72. The van der Waals surface area contributed by atoms with Gasteiger partial charge in [0, 0.05) is 11.1 Å². The molecule has 0 saturated heterocycles. The molecule has 2 rings (SSSR count). The number of nitrogens with two attached hydrogens (primary N) is 1. The molecule has 0 aliphatic heterocycles. The summed E-state index contributed by atoms with van der Waals surface area (Å²) in [6, 6.07) is 9.11. The Labute approximate surface area is 119 Å². The van der Waals surface area contributed by atoms with Crippen LogP contribution >= 0.6 is 0 Å². The predicted octanol–water partition coefficient (Wildman–Crippen LogP) is 2.86. The number of pyridine rings is 1. The summed E-state index contributed by atoms with van der Waals surface area (Å²) in [6.45, 7) is 7.77. The summed E-state index contributed by atoms with van der Waals surface area (Å²) in [5.41, 5.74) is 8.12. The van der Waals surface area contributed by atoms with Gasteiger partial charge in [0.15, 0.2) is 0 Å². The van der Waals surface area contributed by atoms with Crippen molar-refractivity contribution in [1.82, 2.24) is 4.98 Å². The van der Waals surface area contributed by atoms with E-state index in [-0.39, 0.29) is 11.3 Å². The average Bonchev–Trinajstić information content (AvgIpc) is 2.37. The lowest BCUT2D eigenvalue weighted by molar-refractivity contribution is -0.119. The van der Waals surface area contributed by atoms with Crippen LogP contribution < -0.4 is 11.1 Å². The summed E-state index contributed by atoms with van der Waals surface area (Å²) in [4.78, 5) is 16.7. The molecule has 0 saturated carbocycles. The fraction of sp³-hybridized carbons (Fsp3) is 0.375. The summed E-state index contributed by atoms with van der Waals surface area (Å²) < 4.78 is 0. The summed E-state index contributed by atoms with van der Waals surface area (Å²) in [7, 11) is 0. The third-order valence-corrected chi connectivity index (χ3v) is 3.33. The smallest absolute Gasteiger partial charge is 0.241 e. The lowest BCUT2D eigenvalue weighted by Gasteiger charge is -2.26. The molecule has 0 aliphatic rings. The number of amides is 1. The minimum Gasteiger partial charge on any atom is -0.323 e. The second-order valence-electron chi connectivity index (χ2n) is 6.16. The van der Waals surface area contributed by atoms with Gasteiger partial charge in [0.25, 0.3) is 0 Å². The van der Waals surface area contributed by atoms with Gasteiger partial charge in [-0.05, 0) is 24.5 Å². The number of aromatic nitrogens is 1. The number of para-hydroxylation sites is 1. The van der Waals surface area contributed by atoms with E-state index >= 15 is 0 Å². The first-order chi connectivity index (χ1) is 9.29. The molecule has 0 unspecified atom stereocenters. The van der Waals surface area contributed by atoms with Crippen molar-refractivity contribution in [3.8, 4) is 0 Å². The van der Waals surface area contributed by atoms with Gasteiger partial charge in [0.1, 0.15) is 0 Å². The van der Waals surface area contributed by atoms with Gasteiger partial charge in [0.2, 0.25) is 5.91 Å². The molecule has 3 N–H and O–H groups in total. The van der Waals surface area contributed by atoms with E-state index in [1.54, 1.807) is 0 Å². The maximum absolute atomic E-state index is 12.2. The van der Waals surface area contributed by atoms with Gasteiger partial charge in [-0.15, -0.1) is 0 Å². The first-order valence-corrected chi connectivity index (χ1v) is 6.72. The second-order valence-corrected chi connectivity index (χ2v) is 6.16. The van der Waals surface area contributed by atoms with Gasteiger partial charge in [-0.25, -0.2) is 0 Å². The molecule has 4 heteroatoms. The zero-order valence-corrected chi connectivity index (χ0v) is 12.4. The highest BCUT2D eigenvalue weighted by atomic mass is 16.2. The number of benzene rings is 1. The van der Waals surface area contributed by atoms with Crippen molar-refractivity contribution in [3.05, 3.63) is 36.0 Å². The van der Waals surface area contributed by atoms with E-state index in [2.05, 4.69) is 10.3 Å². The van der Waals surface area contributed by atoms with Crippen LogP contribution in [0.1, 0.15) is 26.5 Å². The van der Waals surface area contributed by atoms with Crippen LogP contribution in [0.4, 0.5) is 5.69 Å². The summed E-state index contributed by atoms with van der Waals surface area (Å²) >= 11 is 0. The number of aryl methyl sites for hydroxylation is 1. The molecule has 2 aromatic rings. The Morgan fingerprint density at radius 3 is 2.60 bits per heavy atom. The highest BCUT2D eigenvalue weighted by Gasteiger charge is 2.27. The highest BCUT2D eigenvalue weighted by molar-refractivity contribution is 6.02. The Morgan fingerprint density at radius 1 is 1.25 bits per heavy atom. The number of carbonyl (C=O) groups is 1. The lowest BCUT2D eigenvalue weighted by Crippen LogP contribution is -2.45. The molecule has 4 nitrogen and oxygen atoms in total. The topological polar surface area (TPSA) is 68.0 Å². The molecule has 1 aromatic carbocycles. The fourth-order valence-corrected chi connectivity index (χ4v) is 1.95. The van der Waals surface area contributed by atoms with Crippen molar-refractivity contribution in [3.63, 3.8) is 0 Å². The van der Waals surface area contributed by atoms with Crippen LogP contribution in [0.3, 0.4) is 0 Å². The quantitative estimate of drug-likeness (QED) is 0.882. The van der Waals surface area contributed by atoms with Crippen LogP contribution in [0.5, 0.6) is 0 Å². The van der Waals surface area contributed by atoms with Gasteiger partial charge in [-0.3, -0.25) is 9.78 Å². The molecule has 1 amide bonds. The fourth-order valence-electron chi connectivity index (χ4n) is 1.95. The SMILES string of the molecule is Cc1ccc2cccc(NC(=O)[C@H](N)C(C)(C)C)c2n1. The molecule has 0 bridgehead atoms. The minimum absolute atomic E-state index is 0.187. The molecule has 0 fully saturated rings. The van der Waals surface area contributed by atoms with Crippen LogP contribution in [-0.2, 0) is 4.79 Å². The van der Waals surface area contributed by atoms with Gasteiger partial charge in [-0.2, -0.15) is 0 Å². The Bertz CT molecular complexity index is 644. The van der Waals surface area contributed by atoms with Crippen molar-refractivity contribution >= 4 is 22.5 Å². The predicted molar refractivity (Wildman–Crippen MR) is 82.5 cm³/mol. The molecule has 1 aromatic heterocycles. The van der Waals surface area contributed by atoms with E-state index in [1.165, 1.54) is 0 Å². The maximum Gasteiger partial charge on any atom is 0.241 e. The van der Waals surface area contributed by atoms with Gasteiger partial charge >= 0.3 is 0 Å². The maximum atomic E-state index is 12.2. The minimum atomic E-state index is -0.567. The van der Waals surface area contributed by atoms with Crippen LogP contribution in [0.15, 0.2) is 30.3 Å². The Kier molecular flexibility index (Phi) is 3.77. The molecule has 1 atom stereocenters. The van der Waals surface area contributed by atoms with Gasteiger partial charge in [0.05, 0.1) is 17.2 Å². The second kappa shape index (κ2) is 5.21. The first kappa shape index (κ1) is 14.5. The molecule has 106 valence electrons. The molecule has 1 heterocycles. The molecule has 0 aliphatic carbocycles. The van der Waals surface area contributed by atoms with Crippen LogP contribution in [-0.4, -0.2) is 16.9 Å². The zero-order valence-electron chi connectivity index (χ0n) is 12.4. The number of nitrogens with one attached hydrogen (secondary N) is 1. The summed E-state index contributed by atoms with van der Waals surface area (Å²) in [5.74, 6) is -0.187. The number of fused-ring (bicyclic) bond motifs is 1. The van der Waals surface area contributed by atoms with Crippen molar-refractivity contribution in [2.24, 2.45) is 11.1 Å². The van der Waals surface area contributed by atoms with E-state index in [0.717, 1.165) is 16.6 Å². The molecule has 0 spiro atoms. The standard InChI is InChI=1S/C16H21N3O/c1-10-8-9-11-6-5-7-12(13(11)18-10)19-15(20)14(17)16(2,3)4/h5-9,14H,17H2,1-4H3,(H,19,20)/t14-/m0/s1. The average molecular weight is 271 g/mol. The number of hydrogen-bond donors (Lipinski definition) is 2. The normalized spacial score (nSPS) is 13.2. The van der Waals surface area contributed by atoms with E-state index in [9.17, 15) is 4.79 Å². The Morgan fingerprint density at radius 2 is 1.95 bits per heavy atom. The number of nitrogens with zero attached hydrogens (tertiary/aromatic N) is 1. The van der Waals surface area contributed by atoms with Crippen molar-refractivity contribution in [2.45, 2.75) is 33.7 Å². The van der Waals surface area contributed by atoms with Crippen LogP contribution in [0, 0.1) is 12.3 Å². The number of hydrogen-bond acceptors (Lipinski definition) is 3. The zero-order chi connectivity index (χ0) is 14.9. The number of anilines is 1. The lowest BCUT2D eigenvalue weighted by atomic mass is 9.87. The van der Waals surface area contributed by atoms with E-state index in [4.69, 9.17) is 5.73 Å². The summed E-state index contributed by atoms with van der Waals surface area (Å²) in [5, 5.41) is 3.89. The van der Waals surface area contributed by atoms with E-state index in [1.807, 2.05) is 58.0 Å². The van der Waals surface area contributed by atoms with Crippen LogP contribution in [0.25, 0.3) is 10.9 Å². The largest absolute Gasteiger partial charge is 0.323 e. The van der Waals surface area contributed by atoms with E-state index < -0.39 is 6.04 Å². The summed E-state index contributed by atoms with van der Waals surface area (Å²) in [6.07, 6.45) is 0. The monoisotopic (exact) mass is 271 g/mol. The Hall–Kier alpha value is -1.94. The van der Waals surface area contributed by atoms with Crippen LogP contribution in [0.2, 0.25) is 0 Å². The number of rotatable bonds is 2. The molecular weight excluding hydrogens is 250 g/mol. The Balaban J connectivity index is 2.35. The third-order valence-electron chi connectivity index (χ3n) is 3.33. The molecular formula is C16H21N3O. The van der Waals surface area contributed by atoms with E-state index in [0.29, 0.717) is 5.69 Å². The van der Waals surface area contributed by atoms with Crippen molar-refractivity contribution in [2.75, 3.05) is 5.32 Å². The highest BCUT2D eigenvalue weighted by Crippen LogP contribution is 2.24. The van der Waals surface area contributed by atoms with Gasteiger partial charge in [-0.1, -0.05) is 39.0 Å². The number of carbonyl (C=O) groups excluding carboxylic acids is 1. The van der Waals surface area contributed by atoms with Gasteiger partial charge < -0.3 is 11.1 Å². The molecule has 0 radical (unpaired) electrons. The molecule has 20 heavy (non-hydrogen) atoms.